The van der Waals surface area contributed by atoms with Crippen LogP contribution < -0.4 is 10.0 Å². The summed E-state index contributed by atoms with van der Waals surface area (Å²) in [6.07, 6.45) is 0.945. The lowest BCUT2D eigenvalue weighted by molar-refractivity contribution is 0.566. The molecule has 0 aromatic heterocycles. The summed E-state index contributed by atoms with van der Waals surface area (Å²) in [5.74, 6) is 0. The van der Waals surface area contributed by atoms with Crippen molar-refractivity contribution in [1.82, 2.24) is 0 Å². The Kier molecular flexibility index (Phi) is 2.81. The standard InChI is InChI=1S/C12H18N2O2S/c1-12(2,3)17(15,16)14-10-4-5-11-9(8-10)6-7-13-11/h4-5,8,13-14H,6-7H2,1-3H3. The van der Waals surface area contributed by atoms with Crippen LogP contribution in [-0.4, -0.2) is 19.7 Å². The molecule has 1 aliphatic heterocycles. The van der Waals surface area contributed by atoms with Gasteiger partial charge >= 0.3 is 0 Å². The summed E-state index contributed by atoms with van der Waals surface area (Å²) in [5, 5.41) is 3.24. The Bertz CT molecular complexity index is 530. The Morgan fingerprint density at radius 2 is 2.00 bits per heavy atom. The first kappa shape index (κ1) is 12.2. The van der Waals surface area contributed by atoms with Gasteiger partial charge in [0, 0.05) is 17.9 Å². The van der Waals surface area contributed by atoms with Crippen molar-refractivity contribution in [2.24, 2.45) is 0 Å². The molecule has 2 N–H and O–H groups in total. The monoisotopic (exact) mass is 254 g/mol. The molecule has 1 aliphatic rings. The molecule has 0 radical (unpaired) electrons. The first-order valence-electron chi connectivity index (χ1n) is 5.69. The van der Waals surface area contributed by atoms with Crippen LogP contribution in [0.3, 0.4) is 0 Å². The van der Waals surface area contributed by atoms with Crippen molar-refractivity contribution in [3.8, 4) is 0 Å². The molecule has 0 saturated heterocycles. The Hall–Kier alpha value is -1.23. The van der Waals surface area contributed by atoms with E-state index in [1.54, 1.807) is 26.8 Å². The highest BCUT2D eigenvalue weighted by Gasteiger charge is 2.29. The second-order valence-electron chi connectivity index (χ2n) is 5.27. The van der Waals surface area contributed by atoms with Gasteiger partial charge in [-0.05, 0) is 51.0 Å². The predicted molar refractivity (Wildman–Crippen MR) is 70.9 cm³/mol. The summed E-state index contributed by atoms with van der Waals surface area (Å²) in [6.45, 7) is 5.98. The van der Waals surface area contributed by atoms with Gasteiger partial charge in [0.05, 0.1) is 4.75 Å². The molecule has 0 unspecified atom stereocenters. The van der Waals surface area contributed by atoms with Gasteiger partial charge in [-0.25, -0.2) is 8.42 Å². The summed E-state index contributed by atoms with van der Waals surface area (Å²) in [4.78, 5) is 0. The van der Waals surface area contributed by atoms with Crippen LogP contribution in [0.25, 0.3) is 0 Å². The smallest absolute Gasteiger partial charge is 0.237 e. The number of hydrogen-bond donors (Lipinski definition) is 2. The molecule has 17 heavy (non-hydrogen) atoms. The zero-order valence-corrected chi connectivity index (χ0v) is 11.2. The summed E-state index contributed by atoms with van der Waals surface area (Å²) in [5.41, 5.74) is 2.91. The highest BCUT2D eigenvalue weighted by atomic mass is 32.2. The van der Waals surface area contributed by atoms with Crippen molar-refractivity contribution in [3.63, 3.8) is 0 Å². The Morgan fingerprint density at radius 1 is 1.29 bits per heavy atom. The summed E-state index contributed by atoms with van der Waals surface area (Å²) < 4.78 is 25.8. The van der Waals surface area contributed by atoms with E-state index in [2.05, 4.69) is 10.0 Å². The predicted octanol–water partition coefficient (Wildman–Crippen LogP) is 2.19. The van der Waals surface area contributed by atoms with Crippen molar-refractivity contribution in [1.29, 1.82) is 0 Å². The molecule has 1 aromatic rings. The van der Waals surface area contributed by atoms with Gasteiger partial charge in [0.1, 0.15) is 0 Å². The fourth-order valence-corrected chi connectivity index (χ4v) is 2.42. The van der Waals surface area contributed by atoms with Crippen molar-refractivity contribution in [2.45, 2.75) is 31.9 Å². The van der Waals surface area contributed by atoms with Gasteiger partial charge in [-0.1, -0.05) is 0 Å². The van der Waals surface area contributed by atoms with Crippen LogP contribution in [-0.2, 0) is 16.4 Å². The molecule has 0 aliphatic carbocycles. The van der Waals surface area contributed by atoms with Gasteiger partial charge < -0.3 is 5.32 Å². The summed E-state index contributed by atoms with van der Waals surface area (Å²) in [7, 11) is -3.34. The lowest BCUT2D eigenvalue weighted by Crippen LogP contribution is -2.33. The van der Waals surface area contributed by atoms with Crippen LogP contribution in [0.4, 0.5) is 11.4 Å². The molecule has 2 rings (SSSR count). The van der Waals surface area contributed by atoms with E-state index in [-0.39, 0.29) is 0 Å². The van der Waals surface area contributed by atoms with Crippen LogP contribution >= 0.6 is 0 Å². The second kappa shape index (κ2) is 3.91. The van der Waals surface area contributed by atoms with Crippen molar-refractivity contribution in [3.05, 3.63) is 23.8 Å². The van der Waals surface area contributed by atoms with Crippen molar-refractivity contribution >= 4 is 21.4 Å². The molecule has 0 atom stereocenters. The van der Waals surface area contributed by atoms with Gasteiger partial charge in [0.2, 0.25) is 10.0 Å². The average molecular weight is 254 g/mol. The zero-order valence-electron chi connectivity index (χ0n) is 10.4. The van der Waals surface area contributed by atoms with E-state index in [0.29, 0.717) is 5.69 Å². The Morgan fingerprint density at radius 3 is 2.65 bits per heavy atom. The van der Waals surface area contributed by atoms with Gasteiger partial charge in [0.25, 0.3) is 0 Å². The number of sulfonamides is 1. The van der Waals surface area contributed by atoms with Crippen LogP contribution in [0.15, 0.2) is 18.2 Å². The quantitative estimate of drug-likeness (QED) is 0.850. The zero-order chi connectivity index (χ0) is 12.7. The molecule has 0 spiro atoms. The molecule has 0 bridgehead atoms. The van der Waals surface area contributed by atoms with E-state index in [4.69, 9.17) is 0 Å². The molecule has 0 fully saturated rings. The molecule has 0 saturated carbocycles. The van der Waals surface area contributed by atoms with Crippen LogP contribution in [0.1, 0.15) is 26.3 Å². The van der Waals surface area contributed by atoms with E-state index >= 15 is 0 Å². The first-order valence-corrected chi connectivity index (χ1v) is 7.17. The minimum absolute atomic E-state index is 0.641. The number of nitrogens with one attached hydrogen (secondary N) is 2. The lowest BCUT2D eigenvalue weighted by Gasteiger charge is -2.20. The summed E-state index contributed by atoms with van der Waals surface area (Å²) >= 11 is 0. The van der Waals surface area contributed by atoms with E-state index in [1.165, 1.54) is 5.56 Å². The highest BCUT2D eigenvalue weighted by Crippen LogP contribution is 2.27. The fraction of sp³-hybridized carbons (Fsp3) is 0.500. The van der Waals surface area contributed by atoms with Crippen LogP contribution in [0.5, 0.6) is 0 Å². The third kappa shape index (κ3) is 2.39. The maximum absolute atomic E-state index is 12.0. The van der Waals surface area contributed by atoms with Gasteiger partial charge in [-0.3, -0.25) is 4.72 Å². The van der Waals surface area contributed by atoms with Crippen LogP contribution in [0.2, 0.25) is 0 Å². The maximum atomic E-state index is 12.0. The minimum Gasteiger partial charge on any atom is -0.384 e. The number of hydrogen-bond acceptors (Lipinski definition) is 3. The minimum atomic E-state index is -3.34. The molecule has 1 heterocycles. The van der Waals surface area contributed by atoms with E-state index in [0.717, 1.165) is 18.7 Å². The first-order chi connectivity index (χ1) is 7.79. The van der Waals surface area contributed by atoms with E-state index < -0.39 is 14.8 Å². The van der Waals surface area contributed by atoms with E-state index in [1.807, 2.05) is 12.1 Å². The SMILES string of the molecule is CC(C)(C)S(=O)(=O)Nc1ccc2c(c1)CCN2. The Balaban J connectivity index is 2.26. The van der Waals surface area contributed by atoms with E-state index in [9.17, 15) is 8.42 Å². The molecule has 5 heteroatoms. The molecule has 94 valence electrons. The van der Waals surface area contributed by atoms with Gasteiger partial charge in [0.15, 0.2) is 0 Å². The normalized spacial score (nSPS) is 15.2. The molecule has 0 amide bonds. The molecular formula is C12H18N2O2S. The lowest BCUT2D eigenvalue weighted by atomic mass is 10.1. The largest absolute Gasteiger partial charge is 0.384 e. The third-order valence-electron chi connectivity index (χ3n) is 2.87. The number of anilines is 2. The third-order valence-corrected chi connectivity index (χ3v) is 4.99. The number of fused-ring (bicyclic) bond motifs is 1. The van der Waals surface area contributed by atoms with Crippen LogP contribution in [0, 0.1) is 0 Å². The number of rotatable bonds is 2. The summed E-state index contributed by atoms with van der Waals surface area (Å²) in [6, 6.07) is 5.61. The maximum Gasteiger partial charge on any atom is 0.237 e. The van der Waals surface area contributed by atoms with Gasteiger partial charge in [-0.2, -0.15) is 0 Å². The molecule has 4 nitrogen and oxygen atoms in total. The molecule has 1 aromatic carbocycles. The Labute approximate surface area is 102 Å². The van der Waals surface area contributed by atoms with Gasteiger partial charge in [-0.15, -0.1) is 0 Å². The fourth-order valence-electron chi connectivity index (χ4n) is 1.68. The topological polar surface area (TPSA) is 58.2 Å². The highest BCUT2D eigenvalue weighted by molar-refractivity contribution is 7.94. The second-order valence-corrected chi connectivity index (χ2v) is 7.70. The average Bonchev–Trinajstić information content (AvgIpc) is 2.62. The molecular weight excluding hydrogens is 236 g/mol. The van der Waals surface area contributed by atoms with Crippen molar-refractivity contribution in [2.75, 3.05) is 16.6 Å². The van der Waals surface area contributed by atoms with Crippen molar-refractivity contribution < 1.29 is 8.42 Å². The number of benzene rings is 1.